The second kappa shape index (κ2) is 10.7. The number of esters is 1. The smallest absolute Gasteiger partial charge is 0.321 e. The summed E-state index contributed by atoms with van der Waals surface area (Å²) in [5.41, 5.74) is 0. The minimum absolute atomic E-state index is 0.0468. The predicted octanol–water partition coefficient (Wildman–Crippen LogP) is 1.38. The van der Waals surface area contributed by atoms with Crippen molar-refractivity contribution in [1.29, 1.82) is 0 Å². The molecule has 2 N–H and O–H groups in total. The number of Topliss-reactive ketones (excluding diaryl/α,β-unsaturated/α-hetero) is 1. The Bertz CT molecular complexity index is 604. The van der Waals surface area contributed by atoms with Crippen molar-refractivity contribution in [3.63, 3.8) is 0 Å². The fourth-order valence-electron chi connectivity index (χ4n) is 1.49. The van der Waals surface area contributed by atoms with Crippen LogP contribution in [0.4, 0.5) is 4.79 Å². The minimum Gasteiger partial charge on any atom is -0.456 e. The number of urea groups is 1. The summed E-state index contributed by atoms with van der Waals surface area (Å²) in [6.07, 6.45) is -0.212. The van der Waals surface area contributed by atoms with Gasteiger partial charge in [-0.3, -0.25) is 19.7 Å². The Morgan fingerprint density at radius 2 is 1.96 bits per heavy atom. The van der Waals surface area contributed by atoms with Gasteiger partial charge in [0.1, 0.15) is 0 Å². The zero-order valence-electron chi connectivity index (χ0n) is 12.9. The van der Waals surface area contributed by atoms with Crippen LogP contribution in [0.5, 0.6) is 0 Å². The van der Waals surface area contributed by atoms with E-state index in [4.69, 9.17) is 21.1 Å². The van der Waals surface area contributed by atoms with E-state index in [0.717, 1.165) is 11.3 Å². The maximum atomic E-state index is 11.8. The molecular weight excluding hydrogens is 360 g/mol. The number of imide groups is 1. The van der Waals surface area contributed by atoms with Gasteiger partial charge in [-0.2, -0.15) is 0 Å². The summed E-state index contributed by atoms with van der Waals surface area (Å²) >= 11 is 6.85. The van der Waals surface area contributed by atoms with E-state index < -0.39 is 24.5 Å². The summed E-state index contributed by atoms with van der Waals surface area (Å²) in [6, 6.07) is 2.47. The molecule has 24 heavy (non-hydrogen) atoms. The first kappa shape index (κ1) is 20.1. The topological polar surface area (TPSA) is 111 Å². The molecule has 0 aromatic carbocycles. The van der Waals surface area contributed by atoms with E-state index in [0.29, 0.717) is 15.8 Å². The average Bonchev–Trinajstić information content (AvgIpc) is 2.97. The number of hydrogen-bond donors (Lipinski definition) is 2. The van der Waals surface area contributed by atoms with Crippen LogP contribution < -0.4 is 10.6 Å². The molecule has 10 heteroatoms. The molecule has 0 aliphatic rings. The zero-order chi connectivity index (χ0) is 17.9. The van der Waals surface area contributed by atoms with Gasteiger partial charge >= 0.3 is 12.0 Å². The van der Waals surface area contributed by atoms with E-state index in [-0.39, 0.29) is 25.2 Å². The maximum Gasteiger partial charge on any atom is 0.321 e. The van der Waals surface area contributed by atoms with Crippen LogP contribution in [0.2, 0.25) is 4.34 Å². The predicted molar refractivity (Wildman–Crippen MR) is 87.3 cm³/mol. The van der Waals surface area contributed by atoms with Crippen LogP contribution in [0.25, 0.3) is 0 Å². The minimum atomic E-state index is -0.769. The van der Waals surface area contributed by atoms with Gasteiger partial charge in [-0.1, -0.05) is 11.6 Å². The lowest BCUT2D eigenvalue weighted by Gasteiger charge is -2.07. The molecule has 1 aromatic heterocycles. The molecule has 8 nitrogen and oxygen atoms in total. The van der Waals surface area contributed by atoms with Crippen molar-refractivity contribution in [1.82, 2.24) is 10.6 Å². The molecule has 3 amide bonds. The van der Waals surface area contributed by atoms with Crippen LogP contribution in [0, 0.1) is 0 Å². The number of rotatable bonds is 9. The average molecular weight is 377 g/mol. The highest BCUT2D eigenvalue weighted by Gasteiger charge is 2.14. The number of carbonyl (C=O) groups excluding carboxylic acids is 4. The van der Waals surface area contributed by atoms with Gasteiger partial charge in [0.2, 0.25) is 0 Å². The van der Waals surface area contributed by atoms with Gasteiger partial charge < -0.3 is 14.8 Å². The zero-order valence-corrected chi connectivity index (χ0v) is 14.5. The third-order valence-electron chi connectivity index (χ3n) is 2.61. The molecule has 1 aromatic rings. The van der Waals surface area contributed by atoms with Gasteiger partial charge in [0.15, 0.2) is 12.4 Å². The number of ketones is 1. The monoisotopic (exact) mass is 376 g/mol. The first-order valence-electron chi connectivity index (χ1n) is 6.93. The normalized spacial score (nSPS) is 10.1. The van der Waals surface area contributed by atoms with E-state index in [1.54, 1.807) is 12.1 Å². The van der Waals surface area contributed by atoms with Crippen molar-refractivity contribution in [2.75, 3.05) is 26.9 Å². The summed E-state index contributed by atoms with van der Waals surface area (Å²) in [6.45, 7) is -0.0557. The molecule has 0 atom stereocenters. The number of amides is 3. The Kier molecular flexibility index (Phi) is 8.98. The van der Waals surface area contributed by atoms with Crippen molar-refractivity contribution in [3.05, 3.63) is 21.3 Å². The molecule has 0 radical (unpaired) electrons. The van der Waals surface area contributed by atoms with Gasteiger partial charge in [0, 0.05) is 20.1 Å². The molecule has 132 valence electrons. The Morgan fingerprint density at radius 1 is 1.21 bits per heavy atom. The largest absolute Gasteiger partial charge is 0.456 e. The first-order valence-corrected chi connectivity index (χ1v) is 8.12. The molecule has 0 saturated heterocycles. The van der Waals surface area contributed by atoms with Gasteiger partial charge in [-0.25, -0.2) is 4.79 Å². The third-order valence-corrected chi connectivity index (χ3v) is 3.89. The molecular formula is C14H17ClN2O6S. The quantitative estimate of drug-likeness (QED) is 0.382. The molecule has 0 saturated carbocycles. The van der Waals surface area contributed by atoms with E-state index in [9.17, 15) is 19.2 Å². The summed E-state index contributed by atoms with van der Waals surface area (Å²) in [4.78, 5) is 46.4. The van der Waals surface area contributed by atoms with Crippen LogP contribution in [-0.4, -0.2) is 50.6 Å². The highest BCUT2D eigenvalue weighted by Crippen LogP contribution is 2.22. The van der Waals surface area contributed by atoms with Crippen molar-refractivity contribution in [3.8, 4) is 0 Å². The SMILES string of the molecule is COCCNC(=O)NC(=O)COC(=O)CCC(=O)c1ccc(Cl)s1. The fourth-order valence-corrected chi connectivity index (χ4v) is 2.51. The first-order chi connectivity index (χ1) is 11.4. The number of thiophene rings is 1. The second-order valence-corrected chi connectivity index (χ2v) is 6.20. The number of ether oxygens (including phenoxy) is 2. The molecule has 0 aliphatic heterocycles. The number of nitrogens with one attached hydrogen (secondary N) is 2. The Labute approximate surface area is 147 Å². The molecule has 1 heterocycles. The molecule has 0 unspecified atom stereocenters. The van der Waals surface area contributed by atoms with Crippen molar-refractivity contribution >= 4 is 46.6 Å². The highest BCUT2D eigenvalue weighted by atomic mass is 35.5. The number of halogens is 1. The van der Waals surface area contributed by atoms with Crippen LogP contribution in [0.1, 0.15) is 22.5 Å². The maximum absolute atomic E-state index is 11.8. The Morgan fingerprint density at radius 3 is 2.58 bits per heavy atom. The van der Waals surface area contributed by atoms with Crippen LogP contribution in [-0.2, 0) is 19.1 Å². The van der Waals surface area contributed by atoms with Crippen LogP contribution >= 0.6 is 22.9 Å². The molecule has 1 rings (SSSR count). The summed E-state index contributed by atoms with van der Waals surface area (Å²) in [7, 11) is 1.47. The Balaban J connectivity index is 2.20. The van der Waals surface area contributed by atoms with Gasteiger partial charge in [0.25, 0.3) is 5.91 Å². The third kappa shape index (κ3) is 8.04. The summed E-state index contributed by atoms with van der Waals surface area (Å²) < 4.78 is 9.90. The molecule has 0 fully saturated rings. The standard InChI is InChI=1S/C14H17ClN2O6S/c1-22-7-6-16-14(21)17-12(19)8-23-13(20)5-2-9(18)10-3-4-11(15)24-10/h3-4H,2,5-8H2,1H3,(H2,16,17,19,21). The van der Waals surface area contributed by atoms with Crippen LogP contribution in [0.3, 0.4) is 0 Å². The Hall–Kier alpha value is -1.97. The van der Waals surface area contributed by atoms with E-state index in [1.807, 2.05) is 5.32 Å². The van der Waals surface area contributed by atoms with E-state index >= 15 is 0 Å². The van der Waals surface area contributed by atoms with Crippen molar-refractivity contribution in [2.24, 2.45) is 0 Å². The lowest BCUT2D eigenvalue weighted by atomic mass is 10.2. The van der Waals surface area contributed by atoms with Gasteiger partial charge in [0.05, 0.1) is 22.2 Å². The summed E-state index contributed by atoms with van der Waals surface area (Å²) in [5, 5.41) is 4.36. The fraction of sp³-hybridized carbons (Fsp3) is 0.429. The van der Waals surface area contributed by atoms with E-state index in [2.05, 4.69) is 5.32 Å². The highest BCUT2D eigenvalue weighted by molar-refractivity contribution is 7.18. The second-order valence-electron chi connectivity index (χ2n) is 4.48. The number of methoxy groups -OCH3 is 1. The van der Waals surface area contributed by atoms with E-state index in [1.165, 1.54) is 7.11 Å². The number of hydrogen-bond acceptors (Lipinski definition) is 7. The lowest BCUT2D eigenvalue weighted by molar-refractivity contribution is -0.148. The van der Waals surface area contributed by atoms with Crippen LogP contribution in [0.15, 0.2) is 12.1 Å². The molecule has 0 spiro atoms. The van der Waals surface area contributed by atoms with Crippen molar-refractivity contribution < 1.29 is 28.7 Å². The number of carbonyl (C=O) groups is 4. The molecule has 0 bridgehead atoms. The summed E-state index contributed by atoms with van der Waals surface area (Å²) in [5.74, 6) is -1.71. The van der Waals surface area contributed by atoms with Gasteiger partial charge in [-0.15, -0.1) is 11.3 Å². The van der Waals surface area contributed by atoms with Gasteiger partial charge in [-0.05, 0) is 12.1 Å². The lowest BCUT2D eigenvalue weighted by Crippen LogP contribution is -2.42. The molecule has 0 aliphatic carbocycles. The van der Waals surface area contributed by atoms with Crippen molar-refractivity contribution in [2.45, 2.75) is 12.8 Å².